The summed E-state index contributed by atoms with van der Waals surface area (Å²) in [7, 11) is 0. The zero-order chi connectivity index (χ0) is 15.7. The molecule has 0 aromatic rings. The standard InChI is InChI=1S/C10H16N2O8.4H2O/c13-7(14)3-5(9(17)18)11-1-2-12-6(10(19)20)4-8(15)16;;;;/h5-6,11-12H,1-4H2,(H,13,14)(H,15,16)(H,17,18)(H,19,20);4*1H2. The Morgan fingerprint density at radius 3 is 1.04 bits per heavy atom. The average Bonchev–Trinajstić information content (AvgIpc) is 2.29. The smallest absolute Gasteiger partial charge is 0.321 e. The summed E-state index contributed by atoms with van der Waals surface area (Å²) >= 11 is 0. The maximum absolute atomic E-state index is 10.7. The van der Waals surface area contributed by atoms with Crippen molar-refractivity contribution in [3.63, 3.8) is 0 Å². The fraction of sp³-hybridized carbons (Fsp3) is 0.600. The van der Waals surface area contributed by atoms with Gasteiger partial charge in [0.1, 0.15) is 12.1 Å². The summed E-state index contributed by atoms with van der Waals surface area (Å²) in [6.45, 7) is -0.0404. The van der Waals surface area contributed by atoms with E-state index in [4.69, 9.17) is 20.4 Å². The molecule has 0 amide bonds. The van der Waals surface area contributed by atoms with Crippen LogP contribution in [-0.2, 0) is 19.2 Å². The monoisotopic (exact) mass is 364 g/mol. The van der Waals surface area contributed by atoms with E-state index < -0.39 is 48.8 Å². The van der Waals surface area contributed by atoms with Crippen LogP contribution in [0.25, 0.3) is 0 Å². The van der Waals surface area contributed by atoms with E-state index in [0.29, 0.717) is 0 Å². The molecule has 14 N–H and O–H groups in total. The molecular formula is C10H24N2O12. The van der Waals surface area contributed by atoms with Crippen molar-refractivity contribution in [1.82, 2.24) is 10.6 Å². The Kier molecular flexibility index (Phi) is 23.6. The first-order valence-corrected chi connectivity index (χ1v) is 5.60. The lowest BCUT2D eigenvalue weighted by Gasteiger charge is -2.15. The Labute approximate surface area is 135 Å². The number of hydrogen-bond donors (Lipinski definition) is 6. The molecule has 0 bridgehead atoms. The molecule has 0 aromatic carbocycles. The van der Waals surface area contributed by atoms with Gasteiger partial charge in [-0.05, 0) is 0 Å². The van der Waals surface area contributed by atoms with E-state index in [1.807, 2.05) is 0 Å². The molecule has 14 nitrogen and oxygen atoms in total. The lowest BCUT2D eigenvalue weighted by atomic mass is 10.2. The Morgan fingerprint density at radius 1 is 0.625 bits per heavy atom. The molecule has 0 heterocycles. The van der Waals surface area contributed by atoms with Crippen molar-refractivity contribution in [2.45, 2.75) is 24.9 Å². The SMILES string of the molecule is O.O.O.O.O=C(O)CC(NCCNC(CC(=O)O)C(=O)O)C(=O)O. The molecule has 0 rings (SSSR count). The van der Waals surface area contributed by atoms with Crippen LogP contribution >= 0.6 is 0 Å². The number of carboxylic acids is 4. The summed E-state index contributed by atoms with van der Waals surface area (Å²) in [4.78, 5) is 42.2. The second kappa shape index (κ2) is 17.0. The maximum atomic E-state index is 10.7. The van der Waals surface area contributed by atoms with Crippen LogP contribution in [0.3, 0.4) is 0 Å². The van der Waals surface area contributed by atoms with Gasteiger partial charge in [0, 0.05) is 13.1 Å². The Morgan fingerprint density at radius 2 is 0.875 bits per heavy atom. The third kappa shape index (κ3) is 16.0. The molecule has 0 saturated carbocycles. The van der Waals surface area contributed by atoms with Gasteiger partial charge in [-0.3, -0.25) is 19.2 Å². The molecular weight excluding hydrogens is 340 g/mol. The fourth-order valence-electron chi connectivity index (χ4n) is 1.34. The average molecular weight is 364 g/mol. The molecule has 0 radical (unpaired) electrons. The van der Waals surface area contributed by atoms with Gasteiger partial charge in [0.2, 0.25) is 0 Å². The van der Waals surface area contributed by atoms with Gasteiger partial charge in [0.25, 0.3) is 0 Å². The highest BCUT2D eigenvalue weighted by molar-refractivity contribution is 5.81. The van der Waals surface area contributed by atoms with Crippen molar-refractivity contribution >= 4 is 23.9 Å². The van der Waals surface area contributed by atoms with Crippen molar-refractivity contribution in [2.24, 2.45) is 0 Å². The van der Waals surface area contributed by atoms with Crippen molar-refractivity contribution in [1.29, 1.82) is 0 Å². The van der Waals surface area contributed by atoms with E-state index in [9.17, 15) is 19.2 Å². The number of hydrogen-bond acceptors (Lipinski definition) is 6. The minimum absolute atomic E-state index is 0. The predicted molar refractivity (Wildman–Crippen MR) is 77.8 cm³/mol. The molecule has 0 fully saturated rings. The highest BCUT2D eigenvalue weighted by Gasteiger charge is 2.22. The van der Waals surface area contributed by atoms with Gasteiger partial charge in [0.15, 0.2) is 0 Å². The lowest BCUT2D eigenvalue weighted by Crippen LogP contribution is -2.45. The third-order valence-corrected chi connectivity index (χ3v) is 2.26. The van der Waals surface area contributed by atoms with Crippen LogP contribution in [0.4, 0.5) is 0 Å². The van der Waals surface area contributed by atoms with Gasteiger partial charge in [-0.15, -0.1) is 0 Å². The summed E-state index contributed by atoms with van der Waals surface area (Å²) in [5, 5.41) is 39.2. The fourth-order valence-corrected chi connectivity index (χ4v) is 1.34. The summed E-state index contributed by atoms with van der Waals surface area (Å²) < 4.78 is 0. The van der Waals surface area contributed by atoms with Gasteiger partial charge in [-0.2, -0.15) is 0 Å². The van der Waals surface area contributed by atoms with E-state index in [1.165, 1.54) is 0 Å². The van der Waals surface area contributed by atoms with Gasteiger partial charge in [0.05, 0.1) is 12.8 Å². The zero-order valence-corrected chi connectivity index (χ0v) is 12.4. The number of nitrogens with one attached hydrogen (secondary N) is 2. The van der Waals surface area contributed by atoms with Crippen molar-refractivity contribution < 1.29 is 61.5 Å². The summed E-state index contributed by atoms with van der Waals surface area (Å²) in [6.07, 6.45) is -1.24. The second-order valence-electron chi connectivity index (χ2n) is 3.89. The minimum Gasteiger partial charge on any atom is -0.481 e. The Bertz CT molecular complexity index is 352. The van der Waals surface area contributed by atoms with E-state index in [2.05, 4.69) is 10.6 Å². The van der Waals surface area contributed by atoms with Gasteiger partial charge >= 0.3 is 23.9 Å². The van der Waals surface area contributed by atoms with Crippen LogP contribution in [-0.4, -0.2) is 91.4 Å². The van der Waals surface area contributed by atoms with E-state index in [0.717, 1.165) is 0 Å². The van der Waals surface area contributed by atoms with E-state index in [1.54, 1.807) is 0 Å². The normalized spacial score (nSPS) is 11.2. The molecule has 2 atom stereocenters. The molecule has 0 aliphatic heterocycles. The second-order valence-corrected chi connectivity index (χ2v) is 3.89. The summed E-state index contributed by atoms with van der Waals surface area (Å²) in [5.41, 5.74) is 0. The molecule has 0 aliphatic rings. The van der Waals surface area contributed by atoms with Crippen LogP contribution in [0.1, 0.15) is 12.8 Å². The van der Waals surface area contributed by atoms with Crippen LogP contribution in [0.5, 0.6) is 0 Å². The van der Waals surface area contributed by atoms with Crippen LogP contribution < -0.4 is 10.6 Å². The summed E-state index contributed by atoms with van der Waals surface area (Å²) in [6, 6.07) is -2.59. The number of carboxylic acid groups (broad SMARTS) is 4. The predicted octanol–water partition coefficient (Wildman–Crippen LogP) is -5.28. The maximum Gasteiger partial charge on any atom is 0.321 e. The van der Waals surface area contributed by atoms with Crippen LogP contribution in [0, 0.1) is 0 Å². The third-order valence-electron chi connectivity index (χ3n) is 2.26. The van der Waals surface area contributed by atoms with Gasteiger partial charge < -0.3 is 53.0 Å². The molecule has 24 heavy (non-hydrogen) atoms. The van der Waals surface area contributed by atoms with Crippen molar-refractivity contribution in [3.8, 4) is 0 Å². The van der Waals surface area contributed by atoms with Gasteiger partial charge in [-0.1, -0.05) is 0 Å². The molecule has 0 saturated heterocycles. The highest BCUT2D eigenvalue weighted by atomic mass is 16.4. The topological polar surface area (TPSA) is 299 Å². The quantitative estimate of drug-likeness (QED) is 0.189. The minimum atomic E-state index is -1.34. The molecule has 2 unspecified atom stereocenters. The Balaban J connectivity index is -0.000000301. The first-order chi connectivity index (χ1) is 9.23. The van der Waals surface area contributed by atoms with E-state index >= 15 is 0 Å². The van der Waals surface area contributed by atoms with Crippen molar-refractivity contribution in [2.75, 3.05) is 13.1 Å². The van der Waals surface area contributed by atoms with Gasteiger partial charge in [-0.25, -0.2) is 0 Å². The Hall–Kier alpha value is -2.36. The van der Waals surface area contributed by atoms with E-state index in [-0.39, 0.29) is 35.0 Å². The number of carbonyl (C=O) groups is 4. The number of rotatable bonds is 11. The zero-order valence-electron chi connectivity index (χ0n) is 12.4. The number of aliphatic carboxylic acids is 4. The molecule has 146 valence electrons. The molecule has 14 heteroatoms. The first-order valence-electron chi connectivity index (χ1n) is 5.60. The molecule has 0 spiro atoms. The van der Waals surface area contributed by atoms with Crippen LogP contribution in [0.2, 0.25) is 0 Å². The highest BCUT2D eigenvalue weighted by Crippen LogP contribution is 1.94. The van der Waals surface area contributed by atoms with Crippen molar-refractivity contribution in [3.05, 3.63) is 0 Å². The lowest BCUT2D eigenvalue weighted by molar-refractivity contribution is -0.146. The largest absolute Gasteiger partial charge is 0.481 e. The first kappa shape index (κ1) is 33.3. The molecule has 0 aromatic heterocycles. The summed E-state index contributed by atoms with van der Waals surface area (Å²) in [5.74, 6) is -5.25. The molecule has 0 aliphatic carbocycles. The van der Waals surface area contributed by atoms with Crippen LogP contribution in [0.15, 0.2) is 0 Å².